The van der Waals surface area contributed by atoms with E-state index in [-0.39, 0.29) is 5.82 Å². The smallest absolute Gasteiger partial charge is 0.125 e. The number of hydrogen-bond acceptors (Lipinski definition) is 1. The zero-order chi connectivity index (χ0) is 14.9. The largest absolute Gasteiger partial charge is 0.382 e. The molecule has 1 saturated carbocycles. The van der Waals surface area contributed by atoms with Crippen LogP contribution in [0.5, 0.6) is 0 Å². The van der Waals surface area contributed by atoms with Crippen molar-refractivity contribution < 1.29 is 4.39 Å². The van der Waals surface area contributed by atoms with E-state index < -0.39 is 0 Å². The van der Waals surface area contributed by atoms with Gasteiger partial charge in [0.05, 0.1) is 0 Å². The fourth-order valence-corrected chi connectivity index (χ4v) is 3.36. The van der Waals surface area contributed by atoms with Crippen LogP contribution in [0, 0.1) is 12.7 Å². The zero-order valence-electron chi connectivity index (χ0n) is 13.5. The molecule has 2 rings (SSSR count). The first-order valence-electron chi connectivity index (χ1n) is 8.78. The lowest BCUT2D eigenvalue weighted by molar-refractivity contribution is 0.480. The van der Waals surface area contributed by atoms with Crippen LogP contribution in [0.25, 0.3) is 0 Å². The summed E-state index contributed by atoms with van der Waals surface area (Å²) in [6, 6.07) is 5.78. The van der Waals surface area contributed by atoms with Crippen LogP contribution in [-0.4, -0.2) is 6.04 Å². The minimum atomic E-state index is -0.134. The maximum Gasteiger partial charge on any atom is 0.125 e. The SMILES string of the molecule is Cc1cc(F)cc(NC2CCCCCCCCCCC2)c1. The molecule has 0 radical (unpaired) electrons. The Morgan fingerprint density at radius 1 is 0.810 bits per heavy atom. The van der Waals surface area contributed by atoms with Crippen molar-refractivity contribution in [3.8, 4) is 0 Å². The Morgan fingerprint density at radius 2 is 1.33 bits per heavy atom. The lowest BCUT2D eigenvalue weighted by Gasteiger charge is -2.21. The fourth-order valence-electron chi connectivity index (χ4n) is 3.36. The molecular formula is C19H30FN. The summed E-state index contributed by atoms with van der Waals surface area (Å²) >= 11 is 0. The molecule has 0 bridgehead atoms. The molecule has 0 atom stereocenters. The average Bonchev–Trinajstić information content (AvgIpc) is 2.40. The van der Waals surface area contributed by atoms with E-state index in [9.17, 15) is 4.39 Å². The molecule has 21 heavy (non-hydrogen) atoms. The average molecular weight is 291 g/mol. The molecule has 1 aliphatic carbocycles. The van der Waals surface area contributed by atoms with Gasteiger partial charge in [0, 0.05) is 11.7 Å². The highest BCUT2D eigenvalue weighted by molar-refractivity contribution is 5.46. The van der Waals surface area contributed by atoms with Gasteiger partial charge < -0.3 is 5.32 Å². The van der Waals surface area contributed by atoms with E-state index in [1.807, 2.05) is 6.92 Å². The molecular weight excluding hydrogens is 261 g/mol. The molecule has 118 valence electrons. The molecule has 1 nitrogen and oxygen atoms in total. The third kappa shape index (κ3) is 6.50. The quantitative estimate of drug-likeness (QED) is 0.682. The van der Waals surface area contributed by atoms with Gasteiger partial charge in [-0.1, -0.05) is 57.8 Å². The lowest BCUT2D eigenvalue weighted by Crippen LogP contribution is -2.19. The summed E-state index contributed by atoms with van der Waals surface area (Å²) in [5, 5.41) is 3.57. The van der Waals surface area contributed by atoms with Gasteiger partial charge in [0.25, 0.3) is 0 Å². The van der Waals surface area contributed by atoms with E-state index in [0.29, 0.717) is 6.04 Å². The van der Waals surface area contributed by atoms with Crippen LogP contribution >= 0.6 is 0 Å². The molecule has 0 aromatic heterocycles. The standard InChI is InChI=1S/C19H30FN/c1-16-13-17(20)15-19(14-16)21-18-11-9-7-5-3-2-4-6-8-10-12-18/h13-15,18,21H,2-12H2,1H3. The molecule has 0 spiro atoms. The molecule has 1 fully saturated rings. The molecule has 1 N–H and O–H groups in total. The van der Waals surface area contributed by atoms with Crippen LogP contribution in [0.15, 0.2) is 18.2 Å². The van der Waals surface area contributed by atoms with Crippen LogP contribution in [0.4, 0.5) is 10.1 Å². The van der Waals surface area contributed by atoms with Crippen molar-refractivity contribution in [1.29, 1.82) is 0 Å². The fraction of sp³-hybridized carbons (Fsp3) is 0.684. The first kappa shape index (κ1) is 16.3. The highest BCUT2D eigenvalue weighted by Gasteiger charge is 2.10. The number of anilines is 1. The van der Waals surface area contributed by atoms with Crippen molar-refractivity contribution >= 4 is 5.69 Å². The molecule has 2 heteroatoms. The monoisotopic (exact) mass is 291 g/mol. The first-order chi connectivity index (χ1) is 10.2. The molecule has 0 aliphatic heterocycles. The molecule has 1 aromatic carbocycles. The Morgan fingerprint density at radius 3 is 1.86 bits per heavy atom. The van der Waals surface area contributed by atoms with Crippen molar-refractivity contribution in [2.75, 3.05) is 5.32 Å². The maximum absolute atomic E-state index is 13.5. The van der Waals surface area contributed by atoms with Gasteiger partial charge in [-0.15, -0.1) is 0 Å². The van der Waals surface area contributed by atoms with Gasteiger partial charge in [0.2, 0.25) is 0 Å². The van der Waals surface area contributed by atoms with Crippen molar-refractivity contribution in [3.05, 3.63) is 29.6 Å². The summed E-state index contributed by atoms with van der Waals surface area (Å²) in [5.41, 5.74) is 1.94. The maximum atomic E-state index is 13.5. The second-order valence-electron chi connectivity index (χ2n) is 6.62. The molecule has 0 saturated heterocycles. The Labute approximate surface area is 129 Å². The van der Waals surface area contributed by atoms with Gasteiger partial charge in [-0.05, 0) is 43.5 Å². The van der Waals surface area contributed by atoms with Crippen LogP contribution in [0.2, 0.25) is 0 Å². The lowest BCUT2D eigenvalue weighted by atomic mass is 9.97. The number of aryl methyl sites for hydroxylation is 1. The summed E-state index contributed by atoms with van der Waals surface area (Å²) in [7, 11) is 0. The van der Waals surface area contributed by atoms with Gasteiger partial charge in [-0.3, -0.25) is 0 Å². The second-order valence-corrected chi connectivity index (χ2v) is 6.62. The van der Waals surface area contributed by atoms with E-state index in [1.54, 1.807) is 12.1 Å². The molecule has 0 amide bonds. The number of benzene rings is 1. The molecule has 1 aromatic rings. The topological polar surface area (TPSA) is 12.0 Å². The van der Waals surface area contributed by atoms with Gasteiger partial charge in [-0.25, -0.2) is 4.39 Å². The van der Waals surface area contributed by atoms with E-state index in [1.165, 1.54) is 70.6 Å². The minimum absolute atomic E-state index is 0.134. The van der Waals surface area contributed by atoms with Crippen LogP contribution in [0.3, 0.4) is 0 Å². The van der Waals surface area contributed by atoms with E-state index in [0.717, 1.165) is 11.3 Å². The highest BCUT2D eigenvalue weighted by atomic mass is 19.1. The molecule has 1 aliphatic rings. The predicted molar refractivity (Wildman–Crippen MR) is 89.3 cm³/mol. The number of halogens is 1. The number of rotatable bonds is 2. The van der Waals surface area contributed by atoms with Crippen molar-refractivity contribution in [2.45, 2.75) is 83.6 Å². The van der Waals surface area contributed by atoms with Crippen LogP contribution < -0.4 is 5.32 Å². The Kier molecular flexibility index (Phi) is 7.05. The van der Waals surface area contributed by atoms with Crippen molar-refractivity contribution in [3.63, 3.8) is 0 Å². The van der Waals surface area contributed by atoms with Crippen molar-refractivity contribution in [1.82, 2.24) is 0 Å². The van der Waals surface area contributed by atoms with Gasteiger partial charge in [0.1, 0.15) is 5.82 Å². The van der Waals surface area contributed by atoms with E-state index in [2.05, 4.69) is 11.4 Å². The van der Waals surface area contributed by atoms with E-state index >= 15 is 0 Å². The minimum Gasteiger partial charge on any atom is -0.382 e. The van der Waals surface area contributed by atoms with Crippen LogP contribution in [-0.2, 0) is 0 Å². The zero-order valence-corrected chi connectivity index (χ0v) is 13.5. The van der Waals surface area contributed by atoms with Gasteiger partial charge in [0.15, 0.2) is 0 Å². The first-order valence-corrected chi connectivity index (χ1v) is 8.78. The summed E-state index contributed by atoms with van der Waals surface area (Å²) < 4.78 is 13.5. The highest BCUT2D eigenvalue weighted by Crippen LogP contribution is 2.21. The summed E-state index contributed by atoms with van der Waals surface area (Å²) in [6.07, 6.45) is 14.7. The Bertz CT molecular complexity index is 384. The van der Waals surface area contributed by atoms with Gasteiger partial charge in [-0.2, -0.15) is 0 Å². The van der Waals surface area contributed by atoms with Crippen LogP contribution in [0.1, 0.15) is 76.2 Å². The predicted octanol–water partition coefficient (Wildman–Crippen LogP) is 6.22. The molecule has 0 unspecified atom stereocenters. The Hall–Kier alpha value is -1.05. The summed E-state index contributed by atoms with van der Waals surface area (Å²) in [5.74, 6) is -0.134. The summed E-state index contributed by atoms with van der Waals surface area (Å²) in [4.78, 5) is 0. The van der Waals surface area contributed by atoms with E-state index in [4.69, 9.17) is 0 Å². The van der Waals surface area contributed by atoms with Gasteiger partial charge >= 0.3 is 0 Å². The summed E-state index contributed by atoms with van der Waals surface area (Å²) in [6.45, 7) is 1.95. The number of nitrogens with one attached hydrogen (secondary N) is 1. The Balaban J connectivity index is 1.90. The molecule has 0 heterocycles. The third-order valence-electron chi connectivity index (χ3n) is 4.52. The third-order valence-corrected chi connectivity index (χ3v) is 4.52. The second kappa shape index (κ2) is 9.07. The number of hydrogen-bond donors (Lipinski definition) is 1. The normalized spacial score (nSPS) is 19.5. The van der Waals surface area contributed by atoms with Crippen molar-refractivity contribution in [2.24, 2.45) is 0 Å².